The lowest BCUT2D eigenvalue weighted by Crippen LogP contribution is -2.39. The van der Waals surface area contributed by atoms with Crippen LogP contribution in [0.15, 0.2) is 42.5 Å². The van der Waals surface area contributed by atoms with Crippen LogP contribution in [-0.2, 0) is 16.0 Å². The Morgan fingerprint density at radius 2 is 1.59 bits per heavy atom. The van der Waals surface area contributed by atoms with Gasteiger partial charge in [0.25, 0.3) is 5.91 Å². The lowest BCUT2D eigenvalue weighted by Gasteiger charge is -2.22. The molecule has 6 heteroatoms. The first-order valence-electron chi connectivity index (χ1n) is 9.92. The highest BCUT2D eigenvalue weighted by molar-refractivity contribution is 5.80. The van der Waals surface area contributed by atoms with Crippen molar-refractivity contribution >= 4 is 11.8 Å². The van der Waals surface area contributed by atoms with E-state index in [1.807, 2.05) is 31.2 Å². The summed E-state index contributed by atoms with van der Waals surface area (Å²) in [6.45, 7) is 5.82. The van der Waals surface area contributed by atoms with Gasteiger partial charge >= 0.3 is 0 Å². The number of ether oxygens (including phenoxy) is 1. The summed E-state index contributed by atoms with van der Waals surface area (Å²) in [5.41, 5.74) is 2.37. The van der Waals surface area contributed by atoms with E-state index in [0.29, 0.717) is 49.5 Å². The Bertz CT molecular complexity index is 867. The summed E-state index contributed by atoms with van der Waals surface area (Å²) in [6.07, 6.45) is 0.881. The monoisotopic (exact) mass is 398 g/mol. The molecule has 0 spiro atoms. The predicted molar refractivity (Wildman–Crippen MR) is 109 cm³/mol. The van der Waals surface area contributed by atoms with Crippen molar-refractivity contribution in [3.05, 3.63) is 65.0 Å². The van der Waals surface area contributed by atoms with Gasteiger partial charge in [-0.1, -0.05) is 29.8 Å². The van der Waals surface area contributed by atoms with Gasteiger partial charge in [0.1, 0.15) is 11.6 Å². The summed E-state index contributed by atoms with van der Waals surface area (Å²) < 4.78 is 19.3. The molecule has 1 aliphatic rings. The first kappa shape index (κ1) is 20.8. The fraction of sp³-hybridized carbons (Fsp3) is 0.391. The maximum absolute atomic E-state index is 13.7. The van der Waals surface area contributed by atoms with Crippen molar-refractivity contribution in [2.45, 2.75) is 26.7 Å². The Kier molecular flexibility index (Phi) is 6.86. The highest BCUT2D eigenvalue weighted by Gasteiger charge is 2.22. The average molecular weight is 398 g/mol. The maximum atomic E-state index is 13.7. The van der Waals surface area contributed by atoms with Crippen LogP contribution in [0.3, 0.4) is 0 Å². The minimum absolute atomic E-state index is 0.0142. The Labute approximate surface area is 171 Å². The number of carbonyl (C=O) groups is 2. The second-order valence-electron chi connectivity index (χ2n) is 7.48. The highest BCUT2D eigenvalue weighted by atomic mass is 19.1. The smallest absolute Gasteiger partial charge is 0.260 e. The van der Waals surface area contributed by atoms with E-state index in [4.69, 9.17) is 4.74 Å². The molecule has 1 fully saturated rings. The van der Waals surface area contributed by atoms with E-state index < -0.39 is 0 Å². The Hall–Kier alpha value is -2.89. The number of aryl methyl sites for hydroxylation is 2. The van der Waals surface area contributed by atoms with Crippen LogP contribution in [0.2, 0.25) is 0 Å². The summed E-state index contributed by atoms with van der Waals surface area (Å²) >= 11 is 0. The van der Waals surface area contributed by atoms with Crippen LogP contribution in [-0.4, -0.2) is 54.4 Å². The standard InChI is InChI=1S/C23H27FN2O3/c1-17-4-8-20(9-5-17)29-16-23(28)26-11-3-10-25(12-13-26)22(27)15-19-7-6-18(2)21(24)14-19/h4-9,14H,3,10-13,15-16H2,1-2H3. The second kappa shape index (κ2) is 9.54. The zero-order valence-electron chi connectivity index (χ0n) is 17.0. The first-order chi connectivity index (χ1) is 13.9. The molecule has 2 amide bonds. The van der Waals surface area contributed by atoms with Gasteiger partial charge in [-0.25, -0.2) is 4.39 Å². The van der Waals surface area contributed by atoms with Gasteiger partial charge in [-0.15, -0.1) is 0 Å². The molecule has 2 aromatic rings. The van der Waals surface area contributed by atoms with Gasteiger partial charge in [-0.3, -0.25) is 9.59 Å². The third kappa shape index (κ3) is 5.79. The van der Waals surface area contributed by atoms with Gasteiger partial charge in [-0.2, -0.15) is 0 Å². The zero-order valence-corrected chi connectivity index (χ0v) is 17.0. The van der Waals surface area contributed by atoms with Gasteiger partial charge in [0.15, 0.2) is 6.61 Å². The first-order valence-corrected chi connectivity index (χ1v) is 9.92. The molecule has 0 aliphatic carbocycles. The van der Waals surface area contributed by atoms with Crippen molar-refractivity contribution in [1.29, 1.82) is 0 Å². The molecule has 0 N–H and O–H groups in total. The number of carbonyl (C=O) groups excluding carboxylic acids is 2. The number of hydrogen-bond acceptors (Lipinski definition) is 3. The Morgan fingerprint density at radius 1 is 0.931 bits per heavy atom. The molecule has 0 atom stereocenters. The van der Waals surface area contributed by atoms with Crippen molar-refractivity contribution in [1.82, 2.24) is 9.80 Å². The highest BCUT2D eigenvalue weighted by Crippen LogP contribution is 2.14. The Balaban J connectivity index is 1.49. The summed E-state index contributed by atoms with van der Waals surface area (Å²) in [7, 11) is 0. The van der Waals surface area contributed by atoms with Gasteiger partial charge in [-0.05, 0) is 49.6 Å². The summed E-state index contributed by atoms with van der Waals surface area (Å²) in [4.78, 5) is 28.6. The van der Waals surface area contributed by atoms with Gasteiger partial charge in [0, 0.05) is 26.2 Å². The topological polar surface area (TPSA) is 49.9 Å². The van der Waals surface area contributed by atoms with Crippen LogP contribution < -0.4 is 4.74 Å². The van der Waals surface area contributed by atoms with E-state index in [1.165, 1.54) is 6.07 Å². The van der Waals surface area contributed by atoms with E-state index in [2.05, 4.69) is 0 Å². The molecule has 0 aromatic heterocycles. The number of amides is 2. The number of nitrogens with zero attached hydrogens (tertiary/aromatic N) is 2. The number of benzene rings is 2. The SMILES string of the molecule is Cc1ccc(OCC(=O)N2CCCN(C(=O)Cc3ccc(C)c(F)c3)CC2)cc1. The minimum Gasteiger partial charge on any atom is -0.484 e. The largest absolute Gasteiger partial charge is 0.484 e. The summed E-state index contributed by atoms with van der Waals surface area (Å²) in [5, 5.41) is 0. The molecule has 29 heavy (non-hydrogen) atoms. The molecule has 1 heterocycles. The third-order valence-corrected chi connectivity index (χ3v) is 5.18. The van der Waals surface area contributed by atoms with E-state index in [0.717, 1.165) is 5.56 Å². The van der Waals surface area contributed by atoms with Crippen LogP contribution >= 0.6 is 0 Å². The molecular weight excluding hydrogens is 371 g/mol. The minimum atomic E-state index is -0.295. The van der Waals surface area contributed by atoms with E-state index in [1.54, 1.807) is 28.9 Å². The van der Waals surface area contributed by atoms with Crippen LogP contribution in [0, 0.1) is 19.7 Å². The van der Waals surface area contributed by atoms with Crippen molar-refractivity contribution < 1.29 is 18.7 Å². The van der Waals surface area contributed by atoms with Crippen LogP contribution in [0.25, 0.3) is 0 Å². The van der Waals surface area contributed by atoms with Gasteiger partial charge in [0.05, 0.1) is 6.42 Å². The molecule has 2 aromatic carbocycles. The molecule has 5 nitrogen and oxygen atoms in total. The summed E-state index contributed by atoms with van der Waals surface area (Å²) in [5.74, 6) is 0.247. The molecule has 1 saturated heterocycles. The normalized spacial score (nSPS) is 14.4. The van der Waals surface area contributed by atoms with E-state index >= 15 is 0 Å². The van der Waals surface area contributed by atoms with Crippen molar-refractivity contribution in [2.24, 2.45) is 0 Å². The van der Waals surface area contributed by atoms with E-state index in [-0.39, 0.29) is 30.7 Å². The molecule has 0 unspecified atom stereocenters. The second-order valence-corrected chi connectivity index (χ2v) is 7.48. The quantitative estimate of drug-likeness (QED) is 0.778. The fourth-order valence-electron chi connectivity index (χ4n) is 3.32. The van der Waals surface area contributed by atoms with Crippen molar-refractivity contribution in [3.63, 3.8) is 0 Å². The molecule has 0 saturated carbocycles. The van der Waals surface area contributed by atoms with Crippen LogP contribution in [0.1, 0.15) is 23.1 Å². The van der Waals surface area contributed by atoms with E-state index in [9.17, 15) is 14.0 Å². The average Bonchev–Trinajstić information content (AvgIpc) is 2.96. The molecule has 0 radical (unpaired) electrons. The van der Waals surface area contributed by atoms with Gasteiger partial charge < -0.3 is 14.5 Å². The third-order valence-electron chi connectivity index (χ3n) is 5.18. The molecule has 1 aliphatic heterocycles. The lowest BCUT2D eigenvalue weighted by molar-refractivity contribution is -0.134. The molecule has 154 valence electrons. The van der Waals surface area contributed by atoms with Crippen LogP contribution in [0.4, 0.5) is 4.39 Å². The number of halogens is 1. The number of rotatable bonds is 5. The van der Waals surface area contributed by atoms with Crippen LogP contribution in [0.5, 0.6) is 5.75 Å². The van der Waals surface area contributed by atoms with Crippen molar-refractivity contribution in [2.75, 3.05) is 32.8 Å². The molecule has 0 bridgehead atoms. The summed E-state index contributed by atoms with van der Waals surface area (Å²) in [6, 6.07) is 12.5. The number of hydrogen-bond donors (Lipinski definition) is 0. The Morgan fingerprint density at radius 3 is 2.24 bits per heavy atom. The molecule has 3 rings (SSSR count). The zero-order chi connectivity index (χ0) is 20.8. The maximum Gasteiger partial charge on any atom is 0.260 e. The lowest BCUT2D eigenvalue weighted by atomic mass is 10.1. The van der Waals surface area contributed by atoms with Gasteiger partial charge in [0.2, 0.25) is 5.91 Å². The predicted octanol–water partition coefficient (Wildman–Crippen LogP) is 3.12. The fourth-order valence-corrected chi connectivity index (χ4v) is 3.32. The van der Waals surface area contributed by atoms with Crippen molar-refractivity contribution in [3.8, 4) is 5.75 Å². The molecular formula is C23H27FN2O3.